The van der Waals surface area contributed by atoms with Crippen molar-refractivity contribution in [1.29, 1.82) is 0 Å². The molecule has 0 radical (unpaired) electrons. The number of halogens is 2. The van der Waals surface area contributed by atoms with Crippen molar-refractivity contribution in [3.05, 3.63) is 51.4 Å². The number of hydrogen-bond donors (Lipinski definition) is 1. The summed E-state index contributed by atoms with van der Waals surface area (Å²) in [6, 6.07) is 7.13. The molecule has 0 saturated heterocycles. The molecule has 18 heavy (non-hydrogen) atoms. The summed E-state index contributed by atoms with van der Waals surface area (Å²) in [4.78, 5) is 0. The van der Waals surface area contributed by atoms with Gasteiger partial charge >= 0.3 is 0 Å². The van der Waals surface area contributed by atoms with Crippen molar-refractivity contribution in [1.82, 2.24) is 0 Å². The van der Waals surface area contributed by atoms with Crippen molar-refractivity contribution < 1.29 is 9.15 Å². The fourth-order valence-electron chi connectivity index (χ4n) is 1.61. The zero-order valence-electron chi connectivity index (χ0n) is 9.87. The first-order valence-corrected chi connectivity index (χ1v) is 6.22. The molecule has 96 valence electrons. The van der Waals surface area contributed by atoms with Gasteiger partial charge in [-0.1, -0.05) is 29.3 Å². The Labute approximate surface area is 115 Å². The lowest BCUT2D eigenvalue weighted by atomic mass is 10.2. The zero-order chi connectivity index (χ0) is 13.1. The number of benzene rings is 1. The highest BCUT2D eigenvalue weighted by Gasteiger charge is 2.09. The maximum Gasteiger partial charge on any atom is 0.146 e. The van der Waals surface area contributed by atoms with Crippen LogP contribution >= 0.6 is 23.2 Å². The first-order chi connectivity index (χ1) is 8.61. The fourth-order valence-corrected chi connectivity index (χ4v) is 1.95. The van der Waals surface area contributed by atoms with E-state index < -0.39 is 0 Å². The van der Waals surface area contributed by atoms with Crippen LogP contribution in [0.5, 0.6) is 5.75 Å². The molecular weight excluding hydrogens is 273 g/mol. The van der Waals surface area contributed by atoms with Crippen molar-refractivity contribution in [3.8, 4) is 5.75 Å². The average Bonchev–Trinajstić information content (AvgIpc) is 2.72. The molecule has 1 heterocycles. The van der Waals surface area contributed by atoms with Gasteiger partial charge in [-0.25, -0.2) is 0 Å². The Morgan fingerprint density at radius 2 is 2.11 bits per heavy atom. The Bertz CT molecular complexity index is 552. The maximum absolute atomic E-state index is 6.02. The molecule has 0 aliphatic heterocycles. The molecule has 0 fully saturated rings. The SMILES string of the molecule is Cc1oc(COc2cccc(Cl)c2Cl)cc1CN. The van der Waals surface area contributed by atoms with E-state index in [2.05, 4.69) is 0 Å². The molecule has 1 aromatic heterocycles. The Hall–Kier alpha value is -1.16. The topological polar surface area (TPSA) is 48.4 Å². The Morgan fingerprint density at radius 3 is 2.78 bits per heavy atom. The monoisotopic (exact) mass is 285 g/mol. The first kappa shape index (κ1) is 13.3. The van der Waals surface area contributed by atoms with Gasteiger partial charge in [-0.2, -0.15) is 0 Å². The lowest BCUT2D eigenvalue weighted by Gasteiger charge is -2.06. The van der Waals surface area contributed by atoms with Crippen LogP contribution < -0.4 is 10.5 Å². The molecule has 2 rings (SSSR count). The van der Waals surface area contributed by atoms with Gasteiger partial charge in [0.15, 0.2) is 0 Å². The summed E-state index contributed by atoms with van der Waals surface area (Å²) >= 11 is 11.9. The van der Waals surface area contributed by atoms with Crippen molar-refractivity contribution in [2.45, 2.75) is 20.1 Å². The summed E-state index contributed by atoms with van der Waals surface area (Å²) in [7, 11) is 0. The zero-order valence-corrected chi connectivity index (χ0v) is 11.4. The van der Waals surface area contributed by atoms with Crippen molar-refractivity contribution in [3.63, 3.8) is 0 Å². The Morgan fingerprint density at radius 1 is 1.33 bits per heavy atom. The number of hydrogen-bond acceptors (Lipinski definition) is 3. The molecule has 0 aliphatic rings. The molecule has 5 heteroatoms. The van der Waals surface area contributed by atoms with Gasteiger partial charge in [0.1, 0.15) is 28.9 Å². The average molecular weight is 286 g/mol. The summed E-state index contributed by atoms with van der Waals surface area (Å²) in [5.74, 6) is 2.06. The van der Waals surface area contributed by atoms with Crippen molar-refractivity contribution in [2.75, 3.05) is 0 Å². The fraction of sp³-hybridized carbons (Fsp3) is 0.231. The molecule has 3 nitrogen and oxygen atoms in total. The lowest BCUT2D eigenvalue weighted by molar-refractivity contribution is 0.268. The summed E-state index contributed by atoms with van der Waals surface area (Å²) in [5, 5.41) is 0.869. The van der Waals surface area contributed by atoms with E-state index in [4.69, 9.17) is 38.1 Å². The molecule has 0 spiro atoms. The van der Waals surface area contributed by atoms with Gasteiger partial charge in [-0.15, -0.1) is 0 Å². The van der Waals surface area contributed by atoms with Crippen LogP contribution in [0.15, 0.2) is 28.7 Å². The number of aryl methyl sites for hydroxylation is 1. The van der Waals surface area contributed by atoms with Crippen LogP contribution in [0.2, 0.25) is 10.0 Å². The van der Waals surface area contributed by atoms with Crippen molar-refractivity contribution >= 4 is 23.2 Å². The van der Waals surface area contributed by atoms with Crippen LogP contribution in [0.25, 0.3) is 0 Å². The van der Waals surface area contributed by atoms with E-state index in [1.165, 1.54) is 0 Å². The molecule has 1 aromatic carbocycles. The van der Waals surface area contributed by atoms with Gasteiger partial charge in [-0.05, 0) is 25.1 Å². The van der Waals surface area contributed by atoms with Crippen LogP contribution in [0.1, 0.15) is 17.1 Å². The molecule has 0 aliphatic carbocycles. The molecule has 0 saturated carbocycles. The molecule has 2 N–H and O–H groups in total. The van der Waals surface area contributed by atoms with E-state index in [1.54, 1.807) is 18.2 Å². The van der Waals surface area contributed by atoms with Gasteiger partial charge in [0, 0.05) is 12.1 Å². The van der Waals surface area contributed by atoms with Crippen LogP contribution in [-0.2, 0) is 13.2 Å². The summed E-state index contributed by atoms with van der Waals surface area (Å²) in [6.45, 7) is 2.62. The standard InChI is InChI=1S/C13H13Cl2NO2/c1-8-9(6-16)5-10(18-8)7-17-12-4-2-3-11(14)13(12)15/h2-5H,6-7,16H2,1H3. The van der Waals surface area contributed by atoms with E-state index in [0.29, 0.717) is 34.7 Å². The van der Waals surface area contributed by atoms with Gasteiger partial charge in [-0.3, -0.25) is 0 Å². The van der Waals surface area contributed by atoms with E-state index in [9.17, 15) is 0 Å². The Balaban J connectivity index is 2.09. The Kier molecular flexibility index (Phi) is 4.17. The highest BCUT2D eigenvalue weighted by Crippen LogP contribution is 2.32. The van der Waals surface area contributed by atoms with Crippen LogP contribution in [0, 0.1) is 6.92 Å². The highest BCUT2D eigenvalue weighted by molar-refractivity contribution is 6.42. The van der Waals surface area contributed by atoms with Crippen LogP contribution in [0.3, 0.4) is 0 Å². The van der Waals surface area contributed by atoms with E-state index in [0.717, 1.165) is 11.3 Å². The predicted octanol–water partition coefficient (Wildman–Crippen LogP) is 3.93. The van der Waals surface area contributed by atoms with Crippen molar-refractivity contribution in [2.24, 2.45) is 5.73 Å². The minimum absolute atomic E-state index is 0.293. The van der Waals surface area contributed by atoms with E-state index >= 15 is 0 Å². The second-order valence-electron chi connectivity index (χ2n) is 3.84. The van der Waals surface area contributed by atoms with Gasteiger partial charge in [0.2, 0.25) is 0 Å². The molecule has 0 bridgehead atoms. The quantitative estimate of drug-likeness (QED) is 0.926. The lowest BCUT2D eigenvalue weighted by Crippen LogP contribution is -1.96. The second-order valence-corrected chi connectivity index (χ2v) is 4.62. The predicted molar refractivity (Wildman–Crippen MR) is 72.1 cm³/mol. The minimum atomic E-state index is 0.293. The first-order valence-electron chi connectivity index (χ1n) is 5.47. The van der Waals surface area contributed by atoms with Crippen LogP contribution in [-0.4, -0.2) is 0 Å². The second kappa shape index (κ2) is 5.65. The van der Waals surface area contributed by atoms with Crippen LogP contribution in [0.4, 0.5) is 0 Å². The molecule has 0 atom stereocenters. The number of ether oxygens (including phenoxy) is 1. The maximum atomic E-state index is 6.02. The smallest absolute Gasteiger partial charge is 0.146 e. The third kappa shape index (κ3) is 2.80. The van der Waals surface area contributed by atoms with E-state index in [1.807, 2.05) is 13.0 Å². The minimum Gasteiger partial charge on any atom is -0.484 e. The van der Waals surface area contributed by atoms with Gasteiger partial charge in [0.05, 0.1) is 5.02 Å². The molecule has 0 amide bonds. The molecule has 0 unspecified atom stereocenters. The third-order valence-corrected chi connectivity index (χ3v) is 3.38. The van der Waals surface area contributed by atoms with E-state index in [-0.39, 0.29) is 0 Å². The summed E-state index contributed by atoms with van der Waals surface area (Å²) in [6.07, 6.45) is 0. The van der Waals surface area contributed by atoms with Gasteiger partial charge < -0.3 is 14.9 Å². The number of rotatable bonds is 4. The number of furan rings is 1. The van der Waals surface area contributed by atoms with Gasteiger partial charge in [0.25, 0.3) is 0 Å². The molecular formula is C13H13Cl2NO2. The largest absolute Gasteiger partial charge is 0.484 e. The normalized spacial score (nSPS) is 10.7. The summed E-state index contributed by atoms with van der Waals surface area (Å²) < 4.78 is 11.1. The highest BCUT2D eigenvalue weighted by atomic mass is 35.5. The number of nitrogens with two attached hydrogens (primary N) is 1. The summed E-state index contributed by atoms with van der Waals surface area (Å²) in [5.41, 5.74) is 6.55. The third-order valence-electron chi connectivity index (χ3n) is 2.58. The molecule has 2 aromatic rings.